The predicted octanol–water partition coefficient (Wildman–Crippen LogP) is 4.11. The number of anilines is 3. The summed E-state index contributed by atoms with van der Waals surface area (Å²) in [5.74, 6) is -0.352. The second-order valence-electron chi connectivity index (χ2n) is 3.88. The number of nitrogen functional groups attached to an aromatic ring is 1. The molecule has 0 heterocycles. The van der Waals surface area contributed by atoms with Gasteiger partial charge in [0, 0.05) is 16.4 Å². The highest BCUT2D eigenvalue weighted by molar-refractivity contribution is 6.30. The first-order valence-electron chi connectivity index (χ1n) is 5.14. The summed E-state index contributed by atoms with van der Waals surface area (Å²) in [6, 6.07) is 9.84. The van der Waals surface area contributed by atoms with Gasteiger partial charge in [0.05, 0.1) is 5.69 Å². The molecule has 3 N–H and O–H groups in total. The normalized spacial score (nSPS) is 10.3. The molecule has 0 aliphatic carbocycles. The van der Waals surface area contributed by atoms with Gasteiger partial charge in [0.25, 0.3) is 0 Å². The van der Waals surface area contributed by atoms with Crippen LogP contribution >= 0.6 is 11.6 Å². The van der Waals surface area contributed by atoms with E-state index in [9.17, 15) is 4.39 Å². The van der Waals surface area contributed by atoms with Crippen molar-refractivity contribution in [2.45, 2.75) is 6.92 Å². The van der Waals surface area contributed by atoms with E-state index in [0.29, 0.717) is 16.4 Å². The molecule has 4 heteroatoms. The van der Waals surface area contributed by atoms with Crippen molar-refractivity contribution >= 4 is 28.7 Å². The summed E-state index contributed by atoms with van der Waals surface area (Å²) < 4.78 is 13.5. The molecular weight excluding hydrogens is 239 g/mol. The van der Waals surface area contributed by atoms with Crippen molar-refractivity contribution in [1.82, 2.24) is 0 Å². The number of aryl methyl sites for hydroxylation is 1. The maximum Gasteiger partial charge on any atom is 0.146 e. The molecule has 2 rings (SSSR count). The maximum atomic E-state index is 13.5. The van der Waals surface area contributed by atoms with Crippen molar-refractivity contribution in [3.63, 3.8) is 0 Å². The quantitative estimate of drug-likeness (QED) is 0.787. The Balaban J connectivity index is 2.34. The molecule has 0 spiro atoms. The van der Waals surface area contributed by atoms with Crippen molar-refractivity contribution in [2.24, 2.45) is 0 Å². The number of rotatable bonds is 2. The van der Waals surface area contributed by atoms with Crippen LogP contribution in [0.5, 0.6) is 0 Å². The van der Waals surface area contributed by atoms with Crippen LogP contribution in [0.15, 0.2) is 36.4 Å². The lowest BCUT2D eigenvalue weighted by atomic mass is 10.2. The fraction of sp³-hybridized carbons (Fsp3) is 0.0769. The van der Waals surface area contributed by atoms with Crippen LogP contribution in [0.4, 0.5) is 21.5 Å². The summed E-state index contributed by atoms with van der Waals surface area (Å²) in [5, 5.41) is 3.44. The molecule has 0 aliphatic heterocycles. The summed E-state index contributed by atoms with van der Waals surface area (Å²) in [5.41, 5.74) is 8.44. The fourth-order valence-corrected chi connectivity index (χ4v) is 1.81. The lowest BCUT2D eigenvalue weighted by Crippen LogP contribution is -1.96. The smallest absolute Gasteiger partial charge is 0.146 e. The Kier molecular flexibility index (Phi) is 3.20. The minimum absolute atomic E-state index is 0.336. The van der Waals surface area contributed by atoms with Crippen LogP contribution in [0.25, 0.3) is 0 Å². The molecule has 0 fully saturated rings. The number of nitrogens with one attached hydrogen (secondary N) is 1. The molecule has 0 bridgehead atoms. The van der Waals surface area contributed by atoms with Crippen LogP contribution in [-0.2, 0) is 0 Å². The van der Waals surface area contributed by atoms with Gasteiger partial charge in [-0.1, -0.05) is 11.6 Å². The van der Waals surface area contributed by atoms with Gasteiger partial charge in [-0.25, -0.2) is 4.39 Å². The van der Waals surface area contributed by atoms with Gasteiger partial charge < -0.3 is 11.1 Å². The summed E-state index contributed by atoms with van der Waals surface area (Å²) in [4.78, 5) is 0. The molecule has 0 saturated carbocycles. The molecule has 0 aliphatic rings. The van der Waals surface area contributed by atoms with Crippen molar-refractivity contribution in [2.75, 3.05) is 11.1 Å². The number of hydrogen-bond acceptors (Lipinski definition) is 2. The lowest BCUT2D eigenvalue weighted by Gasteiger charge is -2.09. The van der Waals surface area contributed by atoms with E-state index in [1.807, 2.05) is 19.1 Å². The first-order chi connectivity index (χ1) is 8.04. The van der Waals surface area contributed by atoms with Gasteiger partial charge in [0.2, 0.25) is 0 Å². The molecular formula is C13H12ClFN2. The third-order valence-corrected chi connectivity index (χ3v) is 2.54. The van der Waals surface area contributed by atoms with Crippen LogP contribution < -0.4 is 11.1 Å². The van der Waals surface area contributed by atoms with E-state index in [2.05, 4.69) is 5.32 Å². The summed E-state index contributed by atoms with van der Waals surface area (Å²) in [7, 11) is 0. The Hall–Kier alpha value is -1.74. The van der Waals surface area contributed by atoms with E-state index in [0.717, 1.165) is 11.3 Å². The Morgan fingerprint density at radius 2 is 1.94 bits per heavy atom. The average Bonchev–Trinajstić information content (AvgIpc) is 2.22. The third kappa shape index (κ3) is 2.88. The number of hydrogen-bond donors (Lipinski definition) is 2. The number of halogens is 2. The summed E-state index contributed by atoms with van der Waals surface area (Å²) in [6.07, 6.45) is 0. The highest BCUT2D eigenvalue weighted by Gasteiger charge is 2.04. The van der Waals surface area contributed by atoms with Gasteiger partial charge in [-0.15, -0.1) is 0 Å². The Bertz CT molecular complexity index is 535. The standard InChI is InChI=1S/C13H12ClFN2/c1-8-4-10(16)7-11(5-8)17-13-6-9(14)2-3-12(13)15/h2-7,17H,16H2,1H3. The first kappa shape index (κ1) is 11.7. The van der Waals surface area contributed by atoms with Gasteiger partial charge in [-0.3, -0.25) is 0 Å². The van der Waals surface area contributed by atoms with E-state index in [4.69, 9.17) is 17.3 Å². The van der Waals surface area contributed by atoms with Crippen LogP contribution in [0.2, 0.25) is 5.02 Å². The topological polar surface area (TPSA) is 38.0 Å². The van der Waals surface area contributed by atoms with E-state index >= 15 is 0 Å². The third-order valence-electron chi connectivity index (χ3n) is 2.31. The van der Waals surface area contributed by atoms with Gasteiger partial charge in [0.1, 0.15) is 5.82 Å². The van der Waals surface area contributed by atoms with E-state index in [1.54, 1.807) is 6.07 Å². The monoisotopic (exact) mass is 250 g/mol. The highest BCUT2D eigenvalue weighted by atomic mass is 35.5. The molecule has 17 heavy (non-hydrogen) atoms. The SMILES string of the molecule is Cc1cc(N)cc(Nc2cc(Cl)ccc2F)c1. The predicted molar refractivity (Wildman–Crippen MR) is 70.3 cm³/mol. The van der Waals surface area contributed by atoms with Crippen LogP contribution in [0, 0.1) is 12.7 Å². The van der Waals surface area contributed by atoms with Gasteiger partial charge >= 0.3 is 0 Å². The molecule has 0 atom stereocenters. The average molecular weight is 251 g/mol. The zero-order valence-electron chi connectivity index (χ0n) is 9.30. The second-order valence-corrected chi connectivity index (χ2v) is 4.32. The largest absolute Gasteiger partial charge is 0.399 e. The molecule has 0 radical (unpaired) electrons. The van der Waals surface area contributed by atoms with Crippen molar-refractivity contribution < 1.29 is 4.39 Å². The van der Waals surface area contributed by atoms with Crippen LogP contribution in [0.3, 0.4) is 0 Å². The second kappa shape index (κ2) is 4.63. The van der Waals surface area contributed by atoms with E-state index in [-0.39, 0.29) is 5.82 Å². The first-order valence-corrected chi connectivity index (χ1v) is 5.51. The Labute approximate surface area is 104 Å². The minimum Gasteiger partial charge on any atom is -0.399 e. The summed E-state index contributed by atoms with van der Waals surface area (Å²) >= 11 is 5.81. The number of benzene rings is 2. The molecule has 2 nitrogen and oxygen atoms in total. The van der Waals surface area contributed by atoms with Crippen LogP contribution in [0.1, 0.15) is 5.56 Å². The molecule has 0 amide bonds. The fourth-order valence-electron chi connectivity index (χ4n) is 1.63. The zero-order valence-corrected chi connectivity index (χ0v) is 10.1. The van der Waals surface area contributed by atoms with Gasteiger partial charge in [-0.2, -0.15) is 0 Å². The van der Waals surface area contributed by atoms with Gasteiger partial charge in [0.15, 0.2) is 0 Å². The Morgan fingerprint density at radius 3 is 2.65 bits per heavy atom. The van der Waals surface area contributed by atoms with Gasteiger partial charge in [-0.05, 0) is 48.9 Å². The van der Waals surface area contributed by atoms with Crippen LogP contribution in [-0.4, -0.2) is 0 Å². The lowest BCUT2D eigenvalue weighted by molar-refractivity contribution is 0.632. The minimum atomic E-state index is -0.352. The molecule has 88 valence electrons. The summed E-state index contributed by atoms with van der Waals surface area (Å²) in [6.45, 7) is 1.93. The van der Waals surface area contributed by atoms with Crippen molar-refractivity contribution in [3.8, 4) is 0 Å². The molecule has 0 unspecified atom stereocenters. The van der Waals surface area contributed by atoms with E-state index < -0.39 is 0 Å². The molecule has 0 aromatic heterocycles. The molecule has 0 saturated heterocycles. The Morgan fingerprint density at radius 1 is 1.18 bits per heavy atom. The zero-order chi connectivity index (χ0) is 12.4. The highest BCUT2D eigenvalue weighted by Crippen LogP contribution is 2.25. The van der Waals surface area contributed by atoms with Crippen molar-refractivity contribution in [3.05, 3.63) is 52.8 Å². The maximum absolute atomic E-state index is 13.5. The molecule has 2 aromatic rings. The number of nitrogens with two attached hydrogens (primary N) is 1. The molecule has 2 aromatic carbocycles. The van der Waals surface area contributed by atoms with Crippen molar-refractivity contribution in [1.29, 1.82) is 0 Å². The van der Waals surface area contributed by atoms with E-state index in [1.165, 1.54) is 18.2 Å².